The van der Waals surface area contributed by atoms with Gasteiger partial charge in [-0.05, 0) is 28.8 Å². The number of hydrogen-bond acceptors (Lipinski definition) is 3. The molecule has 0 amide bonds. The Morgan fingerprint density at radius 2 is 2.11 bits per heavy atom. The van der Waals surface area contributed by atoms with Crippen LogP contribution in [0.3, 0.4) is 0 Å². The Bertz CT molecular complexity index is 454. The highest BCUT2D eigenvalue weighted by Crippen LogP contribution is 2.31. The highest BCUT2D eigenvalue weighted by Gasteiger charge is 2.20. The third-order valence-electron chi connectivity index (χ3n) is 3.12. The SMILES string of the molecule is CCC(C)C(C)Nc1cc(F)c(Br)cc1[N+](=O)[O-]. The second-order valence-corrected chi connectivity index (χ2v) is 5.21. The van der Waals surface area contributed by atoms with Crippen LogP contribution in [0.1, 0.15) is 27.2 Å². The summed E-state index contributed by atoms with van der Waals surface area (Å²) < 4.78 is 13.5. The molecule has 0 aromatic heterocycles. The molecule has 0 aliphatic carbocycles. The number of nitro groups is 1. The molecule has 1 rings (SSSR count). The number of rotatable bonds is 5. The molecule has 1 aromatic rings. The van der Waals surface area contributed by atoms with E-state index in [2.05, 4.69) is 21.2 Å². The first-order chi connectivity index (χ1) is 8.36. The monoisotopic (exact) mass is 318 g/mol. The summed E-state index contributed by atoms with van der Waals surface area (Å²) >= 11 is 2.95. The van der Waals surface area contributed by atoms with E-state index >= 15 is 0 Å². The molecule has 1 aromatic carbocycles. The molecule has 0 bridgehead atoms. The summed E-state index contributed by atoms with van der Waals surface area (Å²) in [5.41, 5.74) is 0.0897. The van der Waals surface area contributed by atoms with Gasteiger partial charge in [-0.15, -0.1) is 0 Å². The maximum Gasteiger partial charge on any atom is 0.293 e. The molecule has 6 heteroatoms. The first kappa shape index (κ1) is 14.9. The number of nitrogens with one attached hydrogen (secondary N) is 1. The van der Waals surface area contributed by atoms with Gasteiger partial charge in [0.05, 0.1) is 9.40 Å². The molecule has 0 saturated heterocycles. The molecule has 18 heavy (non-hydrogen) atoms. The lowest BCUT2D eigenvalue weighted by atomic mass is 10.0. The van der Waals surface area contributed by atoms with Gasteiger partial charge in [0.15, 0.2) is 0 Å². The van der Waals surface area contributed by atoms with Crippen molar-refractivity contribution in [3.63, 3.8) is 0 Å². The first-order valence-electron chi connectivity index (χ1n) is 5.76. The van der Waals surface area contributed by atoms with E-state index in [4.69, 9.17) is 0 Å². The van der Waals surface area contributed by atoms with E-state index in [1.54, 1.807) is 0 Å². The minimum Gasteiger partial charge on any atom is -0.377 e. The molecule has 0 aliphatic rings. The van der Waals surface area contributed by atoms with E-state index < -0.39 is 10.7 Å². The standard InChI is InChI=1S/C12H16BrFN2O2/c1-4-7(2)8(3)15-11-6-10(14)9(13)5-12(11)16(17)18/h5-8,15H,4H2,1-3H3. The van der Waals surface area contributed by atoms with Crippen molar-refractivity contribution in [3.8, 4) is 0 Å². The number of anilines is 1. The van der Waals surface area contributed by atoms with E-state index in [9.17, 15) is 14.5 Å². The van der Waals surface area contributed by atoms with Gasteiger partial charge in [-0.3, -0.25) is 10.1 Å². The molecule has 0 aliphatic heterocycles. The highest BCUT2D eigenvalue weighted by atomic mass is 79.9. The zero-order valence-corrected chi connectivity index (χ0v) is 12.1. The Kier molecular flexibility index (Phi) is 5.07. The van der Waals surface area contributed by atoms with Crippen LogP contribution in [-0.2, 0) is 0 Å². The zero-order valence-electron chi connectivity index (χ0n) is 10.5. The average molecular weight is 319 g/mol. The second kappa shape index (κ2) is 6.13. The van der Waals surface area contributed by atoms with Crippen molar-refractivity contribution in [2.45, 2.75) is 33.2 Å². The Balaban J connectivity index is 3.07. The van der Waals surface area contributed by atoms with Gasteiger partial charge in [-0.25, -0.2) is 4.39 Å². The summed E-state index contributed by atoms with van der Waals surface area (Å²) in [4.78, 5) is 10.4. The van der Waals surface area contributed by atoms with Crippen LogP contribution in [0.2, 0.25) is 0 Å². The van der Waals surface area contributed by atoms with Gasteiger partial charge < -0.3 is 5.32 Å². The normalized spacial score (nSPS) is 14.1. The fourth-order valence-electron chi connectivity index (χ4n) is 1.54. The number of nitrogens with zero attached hydrogens (tertiary/aromatic N) is 1. The van der Waals surface area contributed by atoms with Crippen LogP contribution in [0.25, 0.3) is 0 Å². The van der Waals surface area contributed by atoms with Crippen LogP contribution in [-0.4, -0.2) is 11.0 Å². The molecule has 0 heterocycles. The first-order valence-corrected chi connectivity index (χ1v) is 6.56. The van der Waals surface area contributed by atoms with Crippen LogP contribution in [0.4, 0.5) is 15.8 Å². The van der Waals surface area contributed by atoms with Gasteiger partial charge in [0.25, 0.3) is 5.69 Å². The number of hydrogen-bond donors (Lipinski definition) is 1. The Morgan fingerprint density at radius 3 is 2.61 bits per heavy atom. The van der Waals surface area contributed by atoms with E-state index in [0.29, 0.717) is 5.92 Å². The summed E-state index contributed by atoms with van der Waals surface area (Å²) in [6, 6.07) is 2.37. The number of nitro benzene ring substituents is 1. The lowest BCUT2D eigenvalue weighted by molar-refractivity contribution is -0.384. The fraction of sp³-hybridized carbons (Fsp3) is 0.500. The molecule has 0 radical (unpaired) electrons. The third-order valence-corrected chi connectivity index (χ3v) is 3.72. The summed E-state index contributed by atoms with van der Waals surface area (Å²) in [7, 11) is 0. The lowest BCUT2D eigenvalue weighted by Crippen LogP contribution is -2.23. The quantitative estimate of drug-likeness (QED) is 0.649. The van der Waals surface area contributed by atoms with Gasteiger partial charge in [-0.1, -0.05) is 20.3 Å². The van der Waals surface area contributed by atoms with Crippen molar-refractivity contribution in [2.75, 3.05) is 5.32 Å². The van der Waals surface area contributed by atoms with Crippen molar-refractivity contribution >= 4 is 27.3 Å². The molecule has 100 valence electrons. The van der Waals surface area contributed by atoms with Crippen LogP contribution in [0.15, 0.2) is 16.6 Å². The van der Waals surface area contributed by atoms with Crippen molar-refractivity contribution in [2.24, 2.45) is 5.92 Å². The van der Waals surface area contributed by atoms with Crippen molar-refractivity contribution in [3.05, 3.63) is 32.5 Å². The minimum atomic E-state index is -0.518. The van der Waals surface area contributed by atoms with Crippen LogP contribution in [0, 0.1) is 21.8 Å². The van der Waals surface area contributed by atoms with Crippen LogP contribution < -0.4 is 5.32 Å². The van der Waals surface area contributed by atoms with Gasteiger partial charge >= 0.3 is 0 Å². The maximum atomic E-state index is 13.4. The van der Waals surface area contributed by atoms with E-state index in [1.165, 1.54) is 6.07 Å². The molecule has 2 unspecified atom stereocenters. The minimum absolute atomic E-state index is 0.0364. The predicted octanol–water partition coefficient (Wildman–Crippen LogP) is 4.34. The van der Waals surface area contributed by atoms with Crippen LogP contribution >= 0.6 is 15.9 Å². The summed E-state index contributed by atoms with van der Waals surface area (Å²) in [6.45, 7) is 6.01. The summed E-state index contributed by atoms with van der Waals surface area (Å²) in [6.07, 6.45) is 0.945. The maximum absolute atomic E-state index is 13.4. The third kappa shape index (κ3) is 3.41. The lowest BCUT2D eigenvalue weighted by Gasteiger charge is -2.21. The van der Waals surface area contributed by atoms with Crippen LogP contribution in [0.5, 0.6) is 0 Å². The molecule has 1 N–H and O–H groups in total. The van der Waals surface area contributed by atoms with Gasteiger partial charge in [0.1, 0.15) is 11.5 Å². The summed E-state index contributed by atoms with van der Waals surface area (Å²) in [5, 5.41) is 13.9. The van der Waals surface area contributed by atoms with E-state index in [1.807, 2.05) is 20.8 Å². The molecule has 0 fully saturated rings. The van der Waals surface area contributed by atoms with Crippen molar-refractivity contribution < 1.29 is 9.31 Å². The smallest absolute Gasteiger partial charge is 0.293 e. The Hall–Kier alpha value is -1.17. The predicted molar refractivity (Wildman–Crippen MR) is 73.3 cm³/mol. The van der Waals surface area contributed by atoms with Crippen molar-refractivity contribution in [1.82, 2.24) is 0 Å². The molecule has 4 nitrogen and oxygen atoms in total. The average Bonchev–Trinajstić information content (AvgIpc) is 2.31. The Morgan fingerprint density at radius 1 is 1.50 bits per heavy atom. The zero-order chi connectivity index (χ0) is 13.9. The Labute approximate surface area is 114 Å². The molecule has 0 spiro atoms. The van der Waals surface area contributed by atoms with E-state index in [0.717, 1.165) is 12.5 Å². The number of halogens is 2. The van der Waals surface area contributed by atoms with Gasteiger partial charge in [0.2, 0.25) is 0 Å². The summed E-state index contributed by atoms with van der Waals surface area (Å²) in [5.74, 6) is -0.171. The van der Waals surface area contributed by atoms with Gasteiger partial charge in [-0.2, -0.15) is 0 Å². The van der Waals surface area contributed by atoms with Gasteiger partial charge in [0, 0.05) is 18.2 Å². The topological polar surface area (TPSA) is 55.2 Å². The molecular formula is C12H16BrFN2O2. The van der Waals surface area contributed by atoms with Crippen molar-refractivity contribution in [1.29, 1.82) is 0 Å². The highest BCUT2D eigenvalue weighted by molar-refractivity contribution is 9.10. The molecular weight excluding hydrogens is 303 g/mol. The van der Waals surface area contributed by atoms with E-state index in [-0.39, 0.29) is 21.9 Å². The fourth-order valence-corrected chi connectivity index (χ4v) is 1.88. The largest absolute Gasteiger partial charge is 0.377 e. The number of benzene rings is 1. The second-order valence-electron chi connectivity index (χ2n) is 4.36. The molecule has 0 saturated carbocycles. The molecule has 2 atom stereocenters.